The van der Waals surface area contributed by atoms with Crippen LogP contribution in [0, 0.1) is 5.82 Å². The van der Waals surface area contributed by atoms with Crippen molar-refractivity contribution in [2.75, 3.05) is 0 Å². The van der Waals surface area contributed by atoms with Gasteiger partial charge in [0.1, 0.15) is 15.9 Å². The van der Waals surface area contributed by atoms with Crippen LogP contribution in [-0.4, -0.2) is 18.4 Å². The van der Waals surface area contributed by atoms with Gasteiger partial charge in [0.2, 0.25) is 10.0 Å². The van der Waals surface area contributed by atoms with Crippen LogP contribution in [0.4, 0.5) is 4.39 Å². The second-order valence-corrected chi connectivity index (χ2v) is 6.28. The largest absolute Gasteiger partial charge is 0.344 e. The van der Waals surface area contributed by atoms with Gasteiger partial charge in [-0.2, -0.15) is 0 Å². The molecule has 0 aromatic carbocycles. The Bertz CT molecular complexity index is 757. The van der Waals surface area contributed by atoms with E-state index in [1.165, 1.54) is 12.3 Å². The van der Waals surface area contributed by atoms with Gasteiger partial charge in [0.15, 0.2) is 0 Å². The van der Waals surface area contributed by atoms with Gasteiger partial charge in [-0.15, -0.1) is 0 Å². The molecule has 10 heteroatoms. The Morgan fingerprint density at radius 1 is 1.35 bits per heavy atom. The van der Waals surface area contributed by atoms with Gasteiger partial charge < -0.3 is 6.15 Å². The van der Waals surface area contributed by atoms with Crippen LogP contribution in [0.2, 0.25) is 5.15 Å². The van der Waals surface area contributed by atoms with Crippen LogP contribution in [-0.2, 0) is 10.0 Å². The fraction of sp³-hybridized carbons (Fsp3) is 0. The third-order valence-corrected chi connectivity index (χ3v) is 3.89. The first-order valence-corrected chi connectivity index (χ1v) is 7.51. The minimum Gasteiger partial charge on any atom is -0.344 e. The number of primary sulfonamides is 1. The third-order valence-electron chi connectivity index (χ3n) is 2.20. The van der Waals surface area contributed by atoms with Gasteiger partial charge in [0.05, 0.1) is 5.69 Å². The molecular formula is C10H9BrClFN4O2S. The van der Waals surface area contributed by atoms with Gasteiger partial charge in [0, 0.05) is 22.4 Å². The highest BCUT2D eigenvalue weighted by molar-refractivity contribution is 9.10. The molecule has 5 N–H and O–H groups in total. The Hall–Kier alpha value is -1.13. The number of aromatic nitrogens is 2. The van der Waals surface area contributed by atoms with Crippen LogP contribution >= 0.6 is 27.5 Å². The van der Waals surface area contributed by atoms with E-state index in [1.807, 2.05) is 0 Å². The second kappa shape index (κ2) is 6.10. The van der Waals surface area contributed by atoms with Gasteiger partial charge >= 0.3 is 0 Å². The van der Waals surface area contributed by atoms with Gasteiger partial charge in [-0.05, 0) is 28.1 Å². The second-order valence-electron chi connectivity index (χ2n) is 3.51. The maximum atomic E-state index is 13.7. The van der Waals surface area contributed by atoms with Crippen LogP contribution in [0.3, 0.4) is 0 Å². The van der Waals surface area contributed by atoms with Gasteiger partial charge in [-0.1, -0.05) is 11.6 Å². The molecule has 0 unspecified atom stereocenters. The van der Waals surface area contributed by atoms with Crippen LogP contribution in [0.5, 0.6) is 0 Å². The van der Waals surface area contributed by atoms with Gasteiger partial charge in [0.25, 0.3) is 0 Å². The molecule has 0 amide bonds. The number of pyridine rings is 2. The average Bonchev–Trinajstić information content (AvgIpc) is 2.30. The minimum absolute atomic E-state index is 0. The van der Waals surface area contributed by atoms with Crippen LogP contribution in [0.15, 0.2) is 33.9 Å². The smallest absolute Gasteiger partial charge is 0.243 e. The summed E-state index contributed by atoms with van der Waals surface area (Å²) in [5.74, 6) is -0.997. The standard InChI is InChI=1S/C10H6BrClFN3O2S.H3N/c11-5-3-6(10(12)16-4-5)8-9(19(14,17)18)7(13)1-2-15-8;/h1-4H,(H2,14,17,18);1H3. The third kappa shape index (κ3) is 3.30. The Balaban J connectivity index is 0.00000200. The summed E-state index contributed by atoms with van der Waals surface area (Å²) in [7, 11) is -4.28. The summed E-state index contributed by atoms with van der Waals surface area (Å²) in [5, 5.41) is 4.99. The summed E-state index contributed by atoms with van der Waals surface area (Å²) >= 11 is 9.04. The van der Waals surface area contributed by atoms with Crippen molar-refractivity contribution in [3.05, 3.63) is 40.0 Å². The monoisotopic (exact) mass is 382 g/mol. The quantitative estimate of drug-likeness (QED) is 0.772. The summed E-state index contributed by atoms with van der Waals surface area (Å²) < 4.78 is 37.2. The maximum absolute atomic E-state index is 13.7. The van der Waals surface area contributed by atoms with Crippen LogP contribution in [0.25, 0.3) is 11.3 Å². The van der Waals surface area contributed by atoms with Crippen molar-refractivity contribution in [2.45, 2.75) is 4.90 Å². The lowest BCUT2D eigenvalue weighted by Crippen LogP contribution is -2.16. The number of nitrogens with two attached hydrogens (primary N) is 1. The Kier molecular flexibility index (Phi) is 5.16. The van der Waals surface area contributed by atoms with Crippen molar-refractivity contribution >= 4 is 37.6 Å². The topological polar surface area (TPSA) is 121 Å². The van der Waals surface area contributed by atoms with Gasteiger partial charge in [-0.25, -0.2) is 22.9 Å². The number of hydrogen-bond donors (Lipinski definition) is 2. The molecule has 0 radical (unpaired) electrons. The molecule has 108 valence electrons. The van der Waals surface area contributed by atoms with Crippen molar-refractivity contribution < 1.29 is 12.8 Å². The van der Waals surface area contributed by atoms with E-state index in [0.717, 1.165) is 12.3 Å². The molecule has 0 atom stereocenters. The first-order valence-electron chi connectivity index (χ1n) is 4.79. The first-order chi connectivity index (χ1) is 8.80. The maximum Gasteiger partial charge on any atom is 0.243 e. The molecule has 0 aliphatic heterocycles. The lowest BCUT2D eigenvalue weighted by Gasteiger charge is -2.09. The highest BCUT2D eigenvalue weighted by atomic mass is 79.9. The van der Waals surface area contributed by atoms with E-state index in [4.69, 9.17) is 16.7 Å². The number of halogens is 3. The fourth-order valence-corrected chi connectivity index (χ4v) is 2.77. The highest BCUT2D eigenvalue weighted by Crippen LogP contribution is 2.32. The van der Waals surface area contributed by atoms with Crippen molar-refractivity contribution in [3.8, 4) is 11.3 Å². The first kappa shape index (κ1) is 16.9. The molecule has 2 aromatic rings. The minimum atomic E-state index is -4.28. The molecule has 0 saturated heterocycles. The SMILES string of the molecule is N.NS(=O)(=O)c1c(F)ccnc1-c1cc(Br)cnc1Cl. The van der Waals surface area contributed by atoms with Crippen molar-refractivity contribution in [1.82, 2.24) is 16.1 Å². The molecule has 2 rings (SSSR count). The molecule has 20 heavy (non-hydrogen) atoms. The zero-order valence-electron chi connectivity index (χ0n) is 9.85. The normalized spacial score (nSPS) is 11.0. The summed E-state index contributed by atoms with van der Waals surface area (Å²) in [6, 6.07) is 2.38. The van der Waals surface area contributed by atoms with E-state index in [0.29, 0.717) is 4.47 Å². The van der Waals surface area contributed by atoms with E-state index in [1.54, 1.807) is 0 Å². The molecule has 0 bridgehead atoms. The molecule has 2 heterocycles. The Labute approximate surface area is 128 Å². The van der Waals surface area contributed by atoms with Crippen LogP contribution < -0.4 is 11.3 Å². The Morgan fingerprint density at radius 2 is 2.00 bits per heavy atom. The van der Waals surface area contributed by atoms with E-state index in [9.17, 15) is 12.8 Å². The summed E-state index contributed by atoms with van der Waals surface area (Å²) in [6.07, 6.45) is 2.54. The molecule has 0 aliphatic carbocycles. The molecule has 2 aromatic heterocycles. The number of rotatable bonds is 2. The van der Waals surface area contributed by atoms with E-state index in [-0.39, 0.29) is 22.6 Å². The number of sulfonamides is 1. The van der Waals surface area contributed by atoms with Crippen molar-refractivity contribution in [2.24, 2.45) is 5.14 Å². The highest BCUT2D eigenvalue weighted by Gasteiger charge is 2.23. The Morgan fingerprint density at radius 3 is 2.60 bits per heavy atom. The molecular weight excluding hydrogens is 375 g/mol. The van der Waals surface area contributed by atoms with E-state index in [2.05, 4.69) is 25.9 Å². The zero-order valence-corrected chi connectivity index (χ0v) is 13.0. The van der Waals surface area contributed by atoms with E-state index < -0.39 is 20.7 Å². The molecule has 0 aliphatic rings. The van der Waals surface area contributed by atoms with Gasteiger partial charge in [-0.3, -0.25) is 4.98 Å². The average molecular weight is 384 g/mol. The predicted octanol–water partition coefficient (Wildman–Crippen LogP) is 2.51. The van der Waals surface area contributed by atoms with Crippen molar-refractivity contribution in [3.63, 3.8) is 0 Å². The molecule has 0 saturated carbocycles. The summed E-state index contributed by atoms with van der Waals surface area (Å²) in [4.78, 5) is 6.95. The van der Waals surface area contributed by atoms with Crippen molar-refractivity contribution in [1.29, 1.82) is 0 Å². The molecule has 0 fully saturated rings. The summed E-state index contributed by atoms with van der Waals surface area (Å²) in [6.45, 7) is 0. The molecule has 6 nitrogen and oxygen atoms in total. The summed E-state index contributed by atoms with van der Waals surface area (Å²) in [5.41, 5.74) is -0.0131. The van der Waals surface area contributed by atoms with Crippen LogP contribution in [0.1, 0.15) is 0 Å². The zero-order chi connectivity index (χ0) is 14.2. The fourth-order valence-electron chi connectivity index (χ4n) is 1.48. The number of nitrogens with zero attached hydrogens (tertiary/aromatic N) is 2. The lowest BCUT2D eigenvalue weighted by atomic mass is 10.2. The lowest BCUT2D eigenvalue weighted by molar-refractivity contribution is 0.567. The molecule has 0 spiro atoms. The predicted molar refractivity (Wildman–Crippen MR) is 76.5 cm³/mol. The number of hydrogen-bond acceptors (Lipinski definition) is 5. The van der Waals surface area contributed by atoms with E-state index >= 15 is 0 Å².